The second-order valence-corrected chi connectivity index (χ2v) is 4.93. The summed E-state index contributed by atoms with van der Waals surface area (Å²) in [5, 5.41) is 9.28. The third-order valence-electron chi connectivity index (χ3n) is 2.63. The first-order chi connectivity index (χ1) is 9.69. The summed E-state index contributed by atoms with van der Waals surface area (Å²) >= 11 is 0.840. The van der Waals surface area contributed by atoms with Crippen molar-refractivity contribution >= 4 is 22.9 Å². The van der Waals surface area contributed by atoms with Gasteiger partial charge in [0, 0.05) is 0 Å². The minimum atomic E-state index is -0.745. The van der Waals surface area contributed by atoms with E-state index in [1.807, 2.05) is 0 Å². The number of aromatic nitrogens is 4. The van der Waals surface area contributed by atoms with Gasteiger partial charge in [-0.1, -0.05) is 11.8 Å². The number of hydrogen-bond donors (Lipinski definition) is 2. The molecule has 5 nitrogen and oxygen atoms in total. The van der Waals surface area contributed by atoms with Crippen LogP contribution in [0.4, 0.5) is 8.78 Å². The molecule has 0 spiro atoms. The summed E-state index contributed by atoms with van der Waals surface area (Å²) in [4.78, 5) is 14.5. The van der Waals surface area contributed by atoms with Crippen LogP contribution in [0.5, 0.6) is 0 Å². The highest BCUT2D eigenvalue weighted by Gasteiger charge is 2.16. The smallest absolute Gasteiger partial charge is 0.181 e. The highest BCUT2D eigenvalue weighted by Crippen LogP contribution is 2.33. The Morgan fingerprint density at radius 1 is 1.15 bits per heavy atom. The van der Waals surface area contributed by atoms with Crippen LogP contribution in [0.2, 0.25) is 0 Å². The van der Waals surface area contributed by atoms with E-state index in [1.54, 1.807) is 0 Å². The lowest BCUT2D eigenvalue weighted by molar-refractivity contribution is 0.280. The summed E-state index contributed by atoms with van der Waals surface area (Å²) in [6.07, 6.45) is 2.72. The Balaban J connectivity index is 2.05. The van der Waals surface area contributed by atoms with Crippen LogP contribution in [-0.4, -0.2) is 25.0 Å². The van der Waals surface area contributed by atoms with Gasteiger partial charge in [0.25, 0.3) is 0 Å². The second-order valence-electron chi connectivity index (χ2n) is 3.93. The predicted octanol–water partition coefficient (Wildman–Crippen LogP) is 2.27. The van der Waals surface area contributed by atoms with Gasteiger partial charge < -0.3 is 10.1 Å². The van der Waals surface area contributed by atoms with Crippen LogP contribution in [0, 0.1) is 11.6 Å². The van der Waals surface area contributed by atoms with Gasteiger partial charge in [0.15, 0.2) is 5.65 Å². The zero-order valence-electron chi connectivity index (χ0n) is 9.97. The Labute approximate surface area is 116 Å². The van der Waals surface area contributed by atoms with Crippen molar-refractivity contribution in [2.45, 2.75) is 16.5 Å². The molecule has 2 aromatic heterocycles. The van der Waals surface area contributed by atoms with Gasteiger partial charge in [-0.15, -0.1) is 0 Å². The predicted molar refractivity (Wildman–Crippen MR) is 68.1 cm³/mol. The number of benzene rings is 1. The van der Waals surface area contributed by atoms with Crippen molar-refractivity contribution in [3.05, 3.63) is 42.0 Å². The third kappa shape index (κ3) is 2.23. The van der Waals surface area contributed by atoms with Crippen LogP contribution < -0.4 is 0 Å². The minimum absolute atomic E-state index is 0.179. The zero-order valence-corrected chi connectivity index (χ0v) is 10.8. The molecule has 0 bridgehead atoms. The number of nitrogens with one attached hydrogen (secondary N) is 1. The Kier molecular flexibility index (Phi) is 3.33. The number of aromatic amines is 1. The van der Waals surface area contributed by atoms with Gasteiger partial charge in [-0.05, 0) is 17.7 Å². The Bertz CT molecular complexity index is 754. The van der Waals surface area contributed by atoms with E-state index in [-0.39, 0.29) is 10.5 Å². The molecule has 0 saturated carbocycles. The largest absolute Gasteiger partial charge is 0.392 e. The van der Waals surface area contributed by atoms with Gasteiger partial charge in [0.2, 0.25) is 0 Å². The van der Waals surface area contributed by atoms with Crippen LogP contribution in [0.1, 0.15) is 5.56 Å². The maximum atomic E-state index is 13.9. The van der Waals surface area contributed by atoms with Crippen LogP contribution >= 0.6 is 11.8 Å². The molecule has 0 fully saturated rings. The summed E-state index contributed by atoms with van der Waals surface area (Å²) < 4.78 is 27.7. The lowest BCUT2D eigenvalue weighted by atomic mass is 10.2. The molecule has 2 heterocycles. The molecule has 2 N–H and O–H groups in total. The highest BCUT2D eigenvalue weighted by atomic mass is 32.2. The molecule has 102 valence electrons. The number of aliphatic hydroxyl groups excluding tert-OH is 1. The molecule has 0 radical (unpaired) electrons. The molecule has 0 aliphatic rings. The molecule has 8 heteroatoms. The number of hydrogen-bond acceptors (Lipinski definition) is 5. The van der Waals surface area contributed by atoms with Crippen molar-refractivity contribution in [3.8, 4) is 0 Å². The molecule has 0 saturated heterocycles. The number of halogens is 2. The number of imidazole rings is 1. The van der Waals surface area contributed by atoms with E-state index in [0.717, 1.165) is 23.9 Å². The number of H-pyrrole nitrogens is 1. The van der Waals surface area contributed by atoms with Crippen molar-refractivity contribution in [1.29, 1.82) is 0 Å². The average molecular weight is 294 g/mol. The minimum Gasteiger partial charge on any atom is -0.392 e. The lowest BCUT2D eigenvalue weighted by Crippen LogP contribution is -1.94. The standard InChI is InChI=1S/C12H8F2N4OS/c13-7-1-6(3-19)2-8(14)10(7)20-12-9-11(16-4-15-9)17-5-18-12/h1-2,4-5,19H,3H2,(H,15,16,17,18). The lowest BCUT2D eigenvalue weighted by Gasteiger charge is -2.06. The van der Waals surface area contributed by atoms with Crippen LogP contribution in [0.25, 0.3) is 11.2 Å². The van der Waals surface area contributed by atoms with Gasteiger partial charge in [-0.3, -0.25) is 0 Å². The Hall–Kier alpha value is -2.06. The van der Waals surface area contributed by atoms with Crippen molar-refractivity contribution < 1.29 is 13.9 Å². The molecular weight excluding hydrogens is 286 g/mol. The molecule has 3 rings (SSSR count). The quantitative estimate of drug-likeness (QED) is 0.725. The first kappa shape index (κ1) is 12.9. The maximum absolute atomic E-state index is 13.9. The van der Waals surface area contributed by atoms with Crippen LogP contribution in [0.15, 0.2) is 34.7 Å². The second kappa shape index (κ2) is 5.14. The van der Waals surface area contributed by atoms with Gasteiger partial charge in [0.05, 0.1) is 17.8 Å². The Morgan fingerprint density at radius 2 is 1.90 bits per heavy atom. The number of aliphatic hydroxyl groups is 1. The molecular formula is C12H8F2N4OS. The molecule has 0 aliphatic heterocycles. The zero-order chi connectivity index (χ0) is 14.1. The monoisotopic (exact) mass is 294 g/mol. The van der Waals surface area contributed by atoms with Crippen LogP contribution in [-0.2, 0) is 6.61 Å². The first-order valence-electron chi connectivity index (χ1n) is 5.59. The third-order valence-corrected chi connectivity index (χ3v) is 3.72. The fourth-order valence-corrected chi connectivity index (χ4v) is 2.58. The van der Waals surface area contributed by atoms with E-state index in [2.05, 4.69) is 19.9 Å². The van der Waals surface area contributed by atoms with Crippen LogP contribution in [0.3, 0.4) is 0 Å². The number of fused-ring (bicyclic) bond motifs is 1. The molecule has 0 aliphatic carbocycles. The molecule has 3 aromatic rings. The number of nitrogens with zero attached hydrogens (tertiary/aromatic N) is 3. The molecule has 0 atom stereocenters. The van der Waals surface area contributed by atoms with E-state index in [4.69, 9.17) is 5.11 Å². The van der Waals surface area contributed by atoms with Gasteiger partial charge in [-0.2, -0.15) is 0 Å². The highest BCUT2D eigenvalue weighted by molar-refractivity contribution is 7.99. The van der Waals surface area contributed by atoms with E-state index in [9.17, 15) is 8.78 Å². The van der Waals surface area contributed by atoms with Crippen molar-refractivity contribution in [1.82, 2.24) is 19.9 Å². The fourth-order valence-electron chi connectivity index (χ4n) is 1.72. The van der Waals surface area contributed by atoms with E-state index >= 15 is 0 Å². The molecule has 0 amide bonds. The summed E-state index contributed by atoms with van der Waals surface area (Å²) in [5.41, 5.74) is 1.12. The Morgan fingerprint density at radius 3 is 2.60 bits per heavy atom. The summed E-state index contributed by atoms with van der Waals surface area (Å²) in [7, 11) is 0. The average Bonchev–Trinajstić information content (AvgIpc) is 2.91. The fraction of sp³-hybridized carbons (Fsp3) is 0.0833. The summed E-state index contributed by atoms with van der Waals surface area (Å²) in [6, 6.07) is 2.19. The number of rotatable bonds is 3. The summed E-state index contributed by atoms with van der Waals surface area (Å²) in [5.74, 6) is -1.49. The van der Waals surface area contributed by atoms with Crippen molar-refractivity contribution in [3.63, 3.8) is 0 Å². The van der Waals surface area contributed by atoms with Gasteiger partial charge in [0.1, 0.15) is 28.5 Å². The van der Waals surface area contributed by atoms with Crippen molar-refractivity contribution in [2.24, 2.45) is 0 Å². The molecule has 20 heavy (non-hydrogen) atoms. The van der Waals surface area contributed by atoms with Gasteiger partial charge >= 0.3 is 0 Å². The van der Waals surface area contributed by atoms with Gasteiger partial charge in [-0.25, -0.2) is 23.7 Å². The molecule has 0 unspecified atom stereocenters. The van der Waals surface area contributed by atoms with E-state index in [1.165, 1.54) is 12.7 Å². The normalized spacial score (nSPS) is 11.2. The van der Waals surface area contributed by atoms with E-state index in [0.29, 0.717) is 16.2 Å². The first-order valence-corrected chi connectivity index (χ1v) is 6.41. The summed E-state index contributed by atoms with van der Waals surface area (Å²) in [6.45, 7) is -0.420. The molecule has 1 aromatic carbocycles. The SMILES string of the molecule is OCc1cc(F)c(Sc2ncnc3nc[nH]c23)c(F)c1. The van der Waals surface area contributed by atoms with Crippen molar-refractivity contribution in [2.75, 3.05) is 0 Å². The maximum Gasteiger partial charge on any atom is 0.181 e. The topological polar surface area (TPSA) is 74.7 Å². The van der Waals surface area contributed by atoms with E-state index < -0.39 is 18.2 Å².